The van der Waals surface area contributed by atoms with Gasteiger partial charge in [0.2, 0.25) is 10.0 Å². The van der Waals surface area contributed by atoms with Crippen molar-refractivity contribution in [2.75, 3.05) is 44.2 Å². The molecule has 1 aliphatic heterocycles. The topological polar surface area (TPSA) is 103 Å². The van der Waals surface area contributed by atoms with Crippen LogP contribution in [0.5, 0.6) is 0 Å². The largest absolute Gasteiger partial charge is 0.364 e. The van der Waals surface area contributed by atoms with Gasteiger partial charge >= 0.3 is 0 Å². The number of aliphatic imine (C=N–C) groups is 1. The van der Waals surface area contributed by atoms with Crippen LogP contribution in [0.3, 0.4) is 0 Å². The number of aromatic nitrogens is 1. The van der Waals surface area contributed by atoms with Gasteiger partial charge in [-0.05, 0) is 11.6 Å². The van der Waals surface area contributed by atoms with Gasteiger partial charge in [-0.25, -0.2) is 8.42 Å². The van der Waals surface area contributed by atoms with E-state index in [0.29, 0.717) is 12.2 Å². The number of hydrogen-bond donors (Lipinski definition) is 2. The fraction of sp³-hybridized carbons (Fsp3) is 0.444. The number of rotatable bonds is 6. The Morgan fingerprint density at radius 1 is 1.21 bits per heavy atom. The van der Waals surface area contributed by atoms with E-state index in [9.17, 15) is 8.42 Å². The van der Waals surface area contributed by atoms with Gasteiger partial charge in [0.15, 0.2) is 5.96 Å². The predicted molar refractivity (Wildman–Crippen MR) is 108 cm³/mol. The van der Waals surface area contributed by atoms with Crippen molar-refractivity contribution >= 4 is 21.7 Å². The molecule has 1 aliphatic rings. The summed E-state index contributed by atoms with van der Waals surface area (Å²) in [5.41, 5.74) is 2.37. The number of nitrogens with zero attached hydrogens (tertiary/aromatic N) is 4. The highest BCUT2D eigenvalue weighted by atomic mass is 32.2. The number of anilines is 1. The maximum absolute atomic E-state index is 11.6. The lowest BCUT2D eigenvalue weighted by Gasteiger charge is -2.36. The zero-order chi connectivity index (χ0) is 20.0. The van der Waals surface area contributed by atoms with Crippen molar-refractivity contribution in [3.8, 4) is 0 Å². The normalized spacial score (nSPS) is 16.2. The third kappa shape index (κ3) is 5.70. The van der Waals surface area contributed by atoms with Crippen molar-refractivity contribution in [2.45, 2.75) is 13.1 Å². The molecule has 28 heavy (non-hydrogen) atoms. The van der Waals surface area contributed by atoms with Crippen LogP contribution in [0.4, 0.5) is 5.69 Å². The van der Waals surface area contributed by atoms with Gasteiger partial charge in [-0.1, -0.05) is 23.4 Å². The summed E-state index contributed by atoms with van der Waals surface area (Å²) < 4.78 is 30.6. The van der Waals surface area contributed by atoms with Gasteiger partial charge in [0, 0.05) is 52.4 Å². The van der Waals surface area contributed by atoms with Gasteiger partial charge < -0.3 is 14.7 Å². The molecule has 0 radical (unpaired) electrons. The van der Waals surface area contributed by atoms with Crippen LogP contribution in [-0.4, -0.2) is 68.8 Å². The molecule has 2 aromatic rings. The fourth-order valence-electron chi connectivity index (χ4n) is 3.15. The third-order valence-corrected chi connectivity index (χ3v) is 5.10. The number of piperazine rings is 1. The minimum absolute atomic E-state index is 0.477. The monoisotopic (exact) mass is 406 g/mol. The first-order valence-corrected chi connectivity index (χ1v) is 11.0. The van der Waals surface area contributed by atoms with E-state index in [1.807, 2.05) is 18.2 Å². The van der Waals surface area contributed by atoms with Crippen molar-refractivity contribution < 1.29 is 12.9 Å². The van der Waals surface area contributed by atoms with E-state index in [1.165, 1.54) is 0 Å². The van der Waals surface area contributed by atoms with E-state index in [2.05, 4.69) is 30.0 Å². The van der Waals surface area contributed by atoms with Gasteiger partial charge in [0.25, 0.3) is 0 Å². The Hall–Kier alpha value is -2.59. The number of benzene rings is 1. The third-order valence-electron chi connectivity index (χ3n) is 4.51. The van der Waals surface area contributed by atoms with E-state index in [1.54, 1.807) is 25.4 Å². The Bertz CT molecular complexity index is 890. The molecule has 0 bridgehead atoms. The maximum Gasteiger partial charge on any atom is 0.229 e. The van der Waals surface area contributed by atoms with Crippen LogP contribution in [0.25, 0.3) is 0 Å². The number of hydrogen-bond acceptors (Lipinski definition) is 6. The van der Waals surface area contributed by atoms with E-state index < -0.39 is 10.0 Å². The summed E-state index contributed by atoms with van der Waals surface area (Å²) in [6, 6.07) is 9.22. The molecule has 0 unspecified atom stereocenters. The average Bonchev–Trinajstić information content (AvgIpc) is 3.16. The van der Waals surface area contributed by atoms with Gasteiger partial charge in [0.05, 0.1) is 17.6 Å². The summed E-state index contributed by atoms with van der Waals surface area (Å²) in [5, 5.41) is 7.30. The molecule has 10 heteroatoms. The molecule has 0 atom stereocenters. The van der Waals surface area contributed by atoms with E-state index in [-0.39, 0.29) is 0 Å². The molecule has 1 aromatic heterocycles. The van der Waals surface area contributed by atoms with Crippen LogP contribution >= 0.6 is 0 Å². The Morgan fingerprint density at radius 3 is 2.61 bits per heavy atom. The second kappa shape index (κ2) is 9.07. The summed E-state index contributed by atoms with van der Waals surface area (Å²) in [7, 11) is -1.57. The molecule has 1 saturated heterocycles. The molecule has 2 N–H and O–H groups in total. The second-order valence-electron chi connectivity index (χ2n) is 6.69. The minimum Gasteiger partial charge on any atom is -0.364 e. The van der Waals surface area contributed by atoms with Crippen molar-refractivity contribution in [2.24, 2.45) is 4.99 Å². The zero-order valence-corrected chi connectivity index (χ0v) is 16.9. The summed E-state index contributed by atoms with van der Waals surface area (Å²) >= 11 is 0. The highest BCUT2D eigenvalue weighted by Crippen LogP contribution is 2.16. The van der Waals surface area contributed by atoms with Crippen LogP contribution in [0.2, 0.25) is 0 Å². The van der Waals surface area contributed by atoms with E-state index in [0.717, 1.165) is 56.2 Å². The quantitative estimate of drug-likeness (QED) is 0.544. The number of para-hydroxylation sites is 1. The smallest absolute Gasteiger partial charge is 0.229 e. The van der Waals surface area contributed by atoms with Crippen LogP contribution < -0.4 is 10.0 Å². The lowest BCUT2D eigenvalue weighted by atomic mass is 10.2. The molecular formula is C18H26N6O3S. The molecule has 3 rings (SSSR count). The van der Waals surface area contributed by atoms with E-state index in [4.69, 9.17) is 4.52 Å². The molecule has 0 spiro atoms. The summed E-state index contributed by atoms with van der Waals surface area (Å²) in [5.74, 6) is 0.801. The SMILES string of the molecule is CN=C(NCc1ccccc1NS(C)(=O)=O)N1CCN(Cc2ccon2)CC1. The Labute approximate surface area is 165 Å². The lowest BCUT2D eigenvalue weighted by molar-refractivity contribution is 0.169. The van der Waals surface area contributed by atoms with Crippen molar-refractivity contribution in [3.05, 3.63) is 47.9 Å². The number of sulfonamides is 1. The fourth-order valence-corrected chi connectivity index (χ4v) is 3.74. The molecule has 152 valence electrons. The van der Waals surface area contributed by atoms with Crippen LogP contribution in [-0.2, 0) is 23.1 Å². The van der Waals surface area contributed by atoms with Gasteiger partial charge in [-0.3, -0.25) is 14.6 Å². The molecule has 2 heterocycles. The Morgan fingerprint density at radius 2 is 1.96 bits per heavy atom. The lowest BCUT2D eigenvalue weighted by Crippen LogP contribution is -2.52. The highest BCUT2D eigenvalue weighted by molar-refractivity contribution is 7.92. The number of guanidine groups is 1. The van der Waals surface area contributed by atoms with Crippen LogP contribution in [0.15, 0.2) is 46.1 Å². The Balaban J connectivity index is 1.55. The van der Waals surface area contributed by atoms with Crippen molar-refractivity contribution in [3.63, 3.8) is 0 Å². The highest BCUT2D eigenvalue weighted by Gasteiger charge is 2.20. The molecule has 0 saturated carbocycles. The maximum atomic E-state index is 11.6. The van der Waals surface area contributed by atoms with Crippen molar-refractivity contribution in [1.82, 2.24) is 20.3 Å². The predicted octanol–water partition coefficient (Wildman–Crippen LogP) is 0.939. The molecular weight excluding hydrogens is 380 g/mol. The Kier molecular flexibility index (Phi) is 6.53. The molecule has 1 aromatic carbocycles. The standard InChI is InChI=1S/C18H26N6O3S/c1-19-18(20-13-15-5-3-4-6-17(15)22-28(2,25)26)24-10-8-23(9-11-24)14-16-7-12-27-21-16/h3-7,12,22H,8-11,13-14H2,1-2H3,(H,19,20). The van der Waals surface area contributed by atoms with Gasteiger partial charge in [-0.2, -0.15) is 0 Å². The molecule has 9 nitrogen and oxygen atoms in total. The molecule has 0 aliphatic carbocycles. The number of nitrogens with one attached hydrogen (secondary N) is 2. The average molecular weight is 407 g/mol. The first kappa shape index (κ1) is 20.2. The van der Waals surface area contributed by atoms with Gasteiger partial charge in [0.1, 0.15) is 6.26 Å². The van der Waals surface area contributed by atoms with E-state index >= 15 is 0 Å². The minimum atomic E-state index is -3.33. The first-order valence-electron chi connectivity index (χ1n) is 9.07. The van der Waals surface area contributed by atoms with Crippen molar-refractivity contribution in [1.29, 1.82) is 0 Å². The zero-order valence-electron chi connectivity index (χ0n) is 16.1. The summed E-state index contributed by atoms with van der Waals surface area (Å²) in [6.07, 6.45) is 2.74. The first-order chi connectivity index (χ1) is 13.4. The summed E-state index contributed by atoms with van der Waals surface area (Å²) in [4.78, 5) is 8.91. The molecule has 1 fully saturated rings. The van der Waals surface area contributed by atoms with Crippen LogP contribution in [0, 0.1) is 0 Å². The summed E-state index contributed by atoms with van der Waals surface area (Å²) in [6.45, 7) is 4.76. The molecule has 0 amide bonds. The van der Waals surface area contributed by atoms with Gasteiger partial charge in [-0.15, -0.1) is 0 Å². The second-order valence-corrected chi connectivity index (χ2v) is 8.43. The van der Waals surface area contributed by atoms with Crippen LogP contribution in [0.1, 0.15) is 11.3 Å².